The van der Waals surface area contributed by atoms with Crippen LogP contribution in [-0.4, -0.2) is 25.6 Å². The van der Waals surface area contributed by atoms with Gasteiger partial charge in [0, 0.05) is 37.0 Å². The molecule has 2 aromatic carbocycles. The van der Waals surface area contributed by atoms with Crippen LogP contribution in [0.2, 0.25) is 0 Å². The zero-order chi connectivity index (χ0) is 17.8. The minimum Gasteiger partial charge on any atom is -0.478 e. The number of carboxylic acid groups (broad SMARTS) is 1. The first kappa shape index (κ1) is 16.4. The minimum atomic E-state index is -0.966. The molecule has 3 rings (SSSR count). The van der Waals surface area contributed by atoms with Crippen molar-refractivity contribution >= 4 is 11.7 Å². The summed E-state index contributed by atoms with van der Waals surface area (Å²) in [5.41, 5.74) is 1.82. The average Bonchev–Trinajstić information content (AvgIpc) is 3.02. The number of nitro groups is 1. The molecule has 0 spiro atoms. The van der Waals surface area contributed by atoms with Crippen LogP contribution in [0.15, 0.2) is 60.9 Å². The first-order valence-electron chi connectivity index (χ1n) is 7.59. The lowest BCUT2D eigenvalue weighted by Gasteiger charge is -2.09. The van der Waals surface area contributed by atoms with Gasteiger partial charge in [-0.1, -0.05) is 30.3 Å². The summed E-state index contributed by atoms with van der Waals surface area (Å²) in [6.07, 6.45) is 3.79. The molecule has 126 valence electrons. The number of carboxylic acids is 1. The van der Waals surface area contributed by atoms with Crippen LogP contribution in [0.4, 0.5) is 5.69 Å². The summed E-state index contributed by atoms with van der Waals surface area (Å²) in [5, 5.41) is 20.1. The molecule has 0 aliphatic rings. The van der Waals surface area contributed by atoms with E-state index < -0.39 is 10.9 Å². The molecule has 0 aliphatic carbocycles. The van der Waals surface area contributed by atoms with E-state index in [0.29, 0.717) is 24.4 Å². The number of benzene rings is 2. The monoisotopic (exact) mass is 337 g/mol. The second-order valence-electron chi connectivity index (χ2n) is 5.54. The second-order valence-corrected chi connectivity index (χ2v) is 5.54. The minimum absolute atomic E-state index is 0.0721. The molecular weight excluding hydrogens is 322 g/mol. The summed E-state index contributed by atoms with van der Waals surface area (Å²) in [6.45, 7) is 0.510. The van der Waals surface area contributed by atoms with Gasteiger partial charge in [0.15, 0.2) is 0 Å². The maximum absolute atomic E-state index is 11.1. The second kappa shape index (κ2) is 6.96. The lowest BCUT2D eigenvalue weighted by molar-refractivity contribution is -0.385. The number of aromatic carboxylic acids is 1. The largest absolute Gasteiger partial charge is 0.478 e. The van der Waals surface area contributed by atoms with Crippen molar-refractivity contribution in [2.75, 3.05) is 0 Å². The van der Waals surface area contributed by atoms with Crippen LogP contribution in [0.1, 0.15) is 27.3 Å². The van der Waals surface area contributed by atoms with Crippen LogP contribution in [0.25, 0.3) is 0 Å². The van der Waals surface area contributed by atoms with Crippen molar-refractivity contribution in [3.63, 3.8) is 0 Å². The Morgan fingerprint density at radius 2 is 1.88 bits per heavy atom. The van der Waals surface area contributed by atoms with Gasteiger partial charge in [-0.25, -0.2) is 9.78 Å². The highest BCUT2D eigenvalue weighted by molar-refractivity contribution is 5.87. The fourth-order valence-corrected chi connectivity index (χ4v) is 2.61. The van der Waals surface area contributed by atoms with E-state index in [0.717, 1.165) is 5.56 Å². The average molecular weight is 337 g/mol. The smallest absolute Gasteiger partial charge is 0.335 e. The van der Waals surface area contributed by atoms with Gasteiger partial charge in [0.1, 0.15) is 5.82 Å². The van der Waals surface area contributed by atoms with E-state index in [1.807, 2.05) is 4.57 Å². The Morgan fingerprint density at radius 1 is 1.16 bits per heavy atom. The van der Waals surface area contributed by atoms with Crippen LogP contribution in [0.5, 0.6) is 0 Å². The Labute approximate surface area is 143 Å². The van der Waals surface area contributed by atoms with Gasteiger partial charge in [-0.2, -0.15) is 0 Å². The van der Waals surface area contributed by atoms with Crippen molar-refractivity contribution in [1.29, 1.82) is 0 Å². The molecule has 1 heterocycles. The molecule has 0 bridgehead atoms. The summed E-state index contributed by atoms with van der Waals surface area (Å²) >= 11 is 0. The number of hydrogen-bond acceptors (Lipinski definition) is 4. The lowest BCUT2D eigenvalue weighted by atomic mass is 10.1. The first-order valence-corrected chi connectivity index (χ1v) is 7.59. The Bertz CT molecular complexity index is 916. The standard InChI is InChI=1S/C18H15N3O4/c22-18(23)14-7-5-13(6-8-14)12-20-10-9-19-17(20)11-15-3-1-2-4-16(15)21(24)25/h1-10H,11-12H2,(H,22,23). The molecule has 7 nitrogen and oxygen atoms in total. The summed E-state index contributed by atoms with van der Waals surface area (Å²) in [6, 6.07) is 13.2. The van der Waals surface area contributed by atoms with E-state index >= 15 is 0 Å². The third kappa shape index (κ3) is 3.72. The van der Waals surface area contributed by atoms with E-state index in [1.54, 1.807) is 54.9 Å². The van der Waals surface area contributed by atoms with Crippen molar-refractivity contribution in [2.45, 2.75) is 13.0 Å². The normalized spacial score (nSPS) is 10.6. The van der Waals surface area contributed by atoms with E-state index in [9.17, 15) is 14.9 Å². The number of rotatable bonds is 6. The van der Waals surface area contributed by atoms with Crippen molar-refractivity contribution < 1.29 is 14.8 Å². The molecule has 0 saturated carbocycles. The van der Waals surface area contributed by atoms with Gasteiger partial charge < -0.3 is 9.67 Å². The zero-order valence-corrected chi connectivity index (χ0v) is 13.2. The Hall–Kier alpha value is -3.48. The number of nitro benzene ring substituents is 1. The van der Waals surface area contributed by atoms with Gasteiger partial charge in [-0.15, -0.1) is 0 Å². The van der Waals surface area contributed by atoms with E-state index in [4.69, 9.17) is 5.11 Å². The topological polar surface area (TPSA) is 98.3 Å². The molecule has 0 aliphatic heterocycles. The van der Waals surface area contributed by atoms with Gasteiger partial charge in [-0.05, 0) is 17.7 Å². The van der Waals surface area contributed by atoms with Gasteiger partial charge in [0.05, 0.1) is 10.5 Å². The molecule has 1 aromatic heterocycles. The molecular formula is C18H15N3O4. The highest BCUT2D eigenvalue weighted by Gasteiger charge is 2.15. The fraction of sp³-hybridized carbons (Fsp3) is 0.111. The molecule has 3 aromatic rings. The van der Waals surface area contributed by atoms with Crippen LogP contribution in [-0.2, 0) is 13.0 Å². The van der Waals surface area contributed by atoms with Gasteiger partial charge in [0.25, 0.3) is 5.69 Å². The zero-order valence-electron chi connectivity index (χ0n) is 13.2. The summed E-state index contributed by atoms with van der Waals surface area (Å²) < 4.78 is 1.90. The van der Waals surface area contributed by atoms with Gasteiger partial charge >= 0.3 is 5.97 Å². The van der Waals surface area contributed by atoms with E-state index in [1.165, 1.54) is 6.07 Å². The van der Waals surface area contributed by atoms with E-state index in [2.05, 4.69) is 4.98 Å². The van der Waals surface area contributed by atoms with Crippen molar-refractivity contribution in [2.24, 2.45) is 0 Å². The van der Waals surface area contributed by atoms with Crippen molar-refractivity contribution in [3.05, 3.63) is 93.6 Å². The van der Waals surface area contributed by atoms with Crippen LogP contribution in [0.3, 0.4) is 0 Å². The van der Waals surface area contributed by atoms with Crippen LogP contribution < -0.4 is 0 Å². The molecule has 7 heteroatoms. The molecule has 25 heavy (non-hydrogen) atoms. The predicted octanol–water partition coefficient (Wildman–Crippen LogP) is 3.13. The van der Waals surface area contributed by atoms with Gasteiger partial charge in [-0.3, -0.25) is 10.1 Å². The molecule has 0 radical (unpaired) electrons. The first-order chi connectivity index (χ1) is 12.0. The molecule has 0 unspecified atom stereocenters. The number of hydrogen-bond donors (Lipinski definition) is 1. The third-order valence-electron chi connectivity index (χ3n) is 3.89. The fourth-order valence-electron chi connectivity index (χ4n) is 2.61. The summed E-state index contributed by atoms with van der Waals surface area (Å²) in [7, 11) is 0. The molecule has 0 atom stereocenters. The SMILES string of the molecule is O=C(O)c1ccc(Cn2ccnc2Cc2ccccc2[N+](=O)[O-])cc1. The maximum atomic E-state index is 11.1. The third-order valence-corrected chi connectivity index (χ3v) is 3.89. The summed E-state index contributed by atoms with van der Waals surface area (Å²) in [5.74, 6) is -0.261. The van der Waals surface area contributed by atoms with Crippen LogP contribution >= 0.6 is 0 Å². The quantitative estimate of drug-likeness (QED) is 0.550. The Kier molecular flexibility index (Phi) is 4.56. The van der Waals surface area contributed by atoms with Crippen molar-refractivity contribution in [3.8, 4) is 0 Å². The van der Waals surface area contributed by atoms with Crippen LogP contribution in [0, 0.1) is 10.1 Å². The highest BCUT2D eigenvalue weighted by Crippen LogP contribution is 2.21. The molecule has 0 amide bonds. The number of imidazole rings is 1. The summed E-state index contributed by atoms with van der Waals surface area (Å²) in [4.78, 5) is 26.0. The number of carbonyl (C=O) groups is 1. The molecule has 1 N–H and O–H groups in total. The Balaban J connectivity index is 1.81. The van der Waals surface area contributed by atoms with Gasteiger partial charge in [0.2, 0.25) is 0 Å². The van der Waals surface area contributed by atoms with Crippen molar-refractivity contribution in [1.82, 2.24) is 9.55 Å². The predicted molar refractivity (Wildman–Crippen MR) is 90.6 cm³/mol. The Morgan fingerprint density at radius 3 is 2.56 bits per heavy atom. The lowest BCUT2D eigenvalue weighted by Crippen LogP contribution is -2.07. The maximum Gasteiger partial charge on any atom is 0.335 e. The highest BCUT2D eigenvalue weighted by atomic mass is 16.6. The number of aromatic nitrogens is 2. The molecule has 0 fully saturated rings. The number of nitrogens with zero attached hydrogens (tertiary/aromatic N) is 3. The number of para-hydroxylation sites is 1. The molecule has 0 saturated heterocycles. The van der Waals surface area contributed by atoms with E-state index in [-0.39, 0.29) is 11.3 Å².